The van der Waals surface area contributed by atoms with Gasteiger partial charge in [0, 0.05) is 16.8 Å². The number of benzene rings is 1. The van der Waals surface area contributed by atoms with E-state index in [-0.39, 0.29) is 11.8 Å². The minimum absolute atomic E-state index is 0.132. The molecule has 0 saturated heterocycles. The number of hydrogen-bond acceptors (Lipinski definition) is 5. The van der Waals surface area contributed by atoms with Gasteiger partial charge < -0.3 is 9.73 Å². The van der Waals surface area contributed by atoms with Crippen molar-refractivity contribution in [2.24, 2.45) is 0 Å². The lowest BCUT2D eigenvalue weighted by Gasteiger charge is -2.04. The van der Waals surface area contributed by atoms with Gasteiger partial charge in [-0.25, -0.2) is 4.98 Å². The minimum Gasteiger partial charge on any atom is -0.458 e. The van der Waals surface area contributed by atoms with Crippen LogP contribution in [0.2, 0.25) is 5.02 Å². The number of carbonyl (C=O) groups is 2. The highest BCUT2D eigenvalue weighted by Gasteiger charge is 2.15. The summed E-state index contributed by atoms with van der Waals surface area (Å²) in [5, 5.41) is 7.96. The Morgan fingerprint density at radius 1 is 1.31 bits per heavy atom. The number of thiazole rings is 1. The molecular formula is C17H13BrClN3O3S. The topological polar surface area (TPSA) is 84.2 Å². The fraction of sp³-hybridized carbons (Fsp3) is 0.118. The summed E-state index contributed by atoms with van der Waals surface area (Å²) in [7, 11) is 0. The molecule has 3 aromatic rings. The van der Waals surface area contributed by atoms with E-state index in [1.807, 2.05) is 0 Å². The second kappa shape index (κ2) is 8.03. The summed E-state index contributed by atoms with van der Waals surface area (Å²) in [6.07, 6.45) is 0. The quantitative estimate of drug-likeness (QED) is 0.585. The first-order valence-electron chi connectivity index (χ1n) is 7.48. The molecule has 0 fully saturated rings. The van der Waals surface area contributed by atoms with E-state index in [0.717, 1.165) is 4.47 Å². The molecule has 9 heteroatoms. The zero-order valence-corrected chi connectivity index (χ0v) is 16.7. The Labute approximate surface area is 166 Å². The maximum atomic E-state index is 12.4. The molecule has 2 heterocycles. The Kier molecular flexibility index (Phi) is 5.75. The summed E-state index contributed by atoms with van der Waals surface area (Å²) in [6, 6.07) is 8.59. The maximum absolute atomic E-state index is 12.4. The largest absolute Gasteiger partial charge is 0.458 e. The summed E-state index contributed by atoms with van der Waals surface area (Å²) < 4.78 is 6.41. The number of anilines is 1. The number of carbonyl (C=O) groups excluding carboxylic acids is 2. The first-order valence-corrected chi connectivity index (χ1v) is 9.53. The van der Waals surface area contributed by atoms with E-state index in [4.69, 9.17) is 16.0 Å². The van der Waals surface area contributed by atoms with Gasteiger partial charge in [0.25, 0.3) is 5.91 Å². The van der Waals surface area contributed by atoms with Crippen molar-refractivity contribution < 1.29 is 14.0 Å². The van der Waals surface area contributed by atoms with Crippen molar-refractivity contribution in [3.05, 3.63) is 56.5 Å². The van der Waals surface area contributed by atoms with E-state index in [1.165, 1.54) is 18.3 Å². The molecule has 0 radical (unpaired) electrons. The molecule has 0 bridgehead atoms. The lowest BCUT2D eigenvalue weighted by Crippen LogP contribution is -2.18. The standard InChI is InChI=1S/C17H13BrClN3O3S/c1-9(23)20-7-11-3-5-15(25-11)14-8-26-17(21-14)22-16(24)12-6-10(18)2-4-13(12)19/h2-6,8H,7H2,1H3,(H,20,23)(H,21,22,24). The van der Waals surface area contributed by atoms with Crippen molar-refractivity contribution >= 4 is 55.8 Å². The number of halogens is 2. The average Bonchev–Trinajstić information content (AvgIpc) is 3.24. The van der Waals surface area contributed by atoms with Gasteiger partial charge in [-0.3, -0.25) is 14.9 Å². The van der Waals surface area contributed by atoms with Crippen molar-refractivity contribution in [1.29, 1.82) is 0 Å². The van der Waals surface area contributed by atoms with Crippen molar-refractivity contribution in [3.8, 4) is 11.5 Å². The third-order valence-corrected chi connectivity index (χ3v) is 4.90. The molecule has 0 aliphatic rings. The van der Waals surface area contributed by atoms with Crippen LogP contribution in [0.1, 0.15) is 23.0 Å². The van der Waals surface area contributed by atoms with Crippen LogP contribution >= 0.6 is 38.9 Å². The predicted molar refractivity (Wildman–Crippen MR) is 104 cm³/mol. The number of rotatable bonds is 5. The third-order valence-electron chi connectivity index (χ3n) is 3.32. The van der Waals surface area contributed by atoms with Crippen LogP contribution in [0.3, 0.4) is 0 Å². The molecule has 0 spiro atoms. The van der Waals surface area contributed by atoms with Crippen LogP contribution < -0.4 is 10.6 Å². The maximum Gasteiger partial charge on any atom is 0.258 e. The highest BCUT2D eigenvalue weighted by atomic mass is 79.9. The zero-order chi connectivity index (χ0) is 18.7. The SMILES string of the molecule is CC(=O)NCc1ccc(-c2csc(NC(=O)c3cc(Br)ccc3Cl)n2)o1. The van der Waals surface area contributed by atoms with E-state index >= 15 is 0 Å². The fourth-order valence-corrected chi connectivity index (χ4v) is 3.36. The molecule has 2 amide bonds. The summed E-state index contributed by atoms with van der Waals surface area (Å²) >= 11 is 10.7. The summed E-state index contributed by atoms with van der Waals surface area (Å²) in [5.74, 6) is 0.702. The van der Waals surface area contributed by atoms with E-state index in [1.54, 1.807) is 35.7 Å². The number of nitrogens with zero attached hydrogens (tertiary/aromatic N) is 1. The molecule has 6 nitrogen and oxygen atoms in total. The Morgan fingerprint density at radius 2 is 2.12 bits per heavy atom. The monoisotopic (exact) mass is 453 g/mol. The van der Waals surface area contributed by atoms with Crippen LogP contribution in [0, 0.1) is 0 Å². The molecule has 1 aromatic carbocycles. The van der Waals surface area contributed by atoms with Crippen molar-refractivity contribution in [2.45, 2.75) is 13.5 Å². The van der Waals surface area contributed by atoms with E-state index < -0.39 is 0 Å². The normalized spacial score (nSPS) is 10.6. The van der Waals surface area contributed by atoms with Crippen LogP contribution in [0.4, 0.5) is 5.13 Å². The Morgan fingerprint density at radius 3 is 2.88 bits per heavy atom. The van der Waals surface area contributed by atoms with Gasteiger partial charge in [0.1, 0.15) is 11.5 Å². The summed E-state index contributed by atoms with van der Waals surface area (Å²) in [5.41, 5.74) is 0.952. The molecular weight excluding hydrogens is 442 g/mol. The van der Waals surface area contributed by atoms with E-state index in [0.29, 0.717) is 39.5 Å². The van der Waals surface area contributed by atoms with Crippen LogP contribution in [0.25, 0.3) is 11.5 Å². The van der Waals surface area contributed by atoms with Gasteiger partial charge in [-0.1, -0.05) is 27.5 Å². The van der Waals surface area contributed by atoms with E-state index in [2.05, 4.69) is 31.5 Å². The fourth-order valence-electron chi connectivity index (χ4n) is 2.10. The molecule has 2 aromatic heterocycles. The second-order valence-electron chi connectivity index (χ2n) is 5.29. The summed E-state index contributed by atoms with van der Waals surface area (Å²) in [6.45, 7) is 1.75. The van der Waals surface area contributed by atoms with Gasteiger partial charge in [0.2, 0.25) is 5.91 Å². The molecule has 0 unspecified atom stereocenters. The van der Waals surface area contributed by atoms with Gasteiger partial charge in [0.15, 0.2) is 10.9 Å². The Hall–Kier alpha value is -2.16. The van der Waals surface area contributed by atoms with Gasteiger partial charge in [-0.2, -0.15) is 0 Å². The molecule has 26 heavy (non-hydrogen) atoms. The molecule has 0 saturated carbocycles. The lowest BCUT2D eigenvalue weighted by atomic mass is 10.2. The van der Waals surface area contributed by atoms with Crippen molar-refractivity contribution in [2.75, 3.05) is 5.32 Å². The number of hydrogen-bond donors (Lipinski definition) is 2. The number of amides is 2. The first-order chi connectivity index (χ1) is 12.4. The smallest absolute Gasteiger partial charge is 0.258 e. The lowest BCUT2D eigenvalue weighted by molar-refractivity contribution is -0.119. The highest BCUT2D eigenvalue weighted by molar-refractivity contribution is 9.10. The van der Waals surface area contributed by atoms with Crippen LogP contribution in [0.15, 0.2) is 44.6 Å². The van der Waals surface area contributed by atoms with Crippen molar-refractivity contribution in [3.63, 3.8) is 0 Å². The van der Waals surface area contributed by atoms with Crippen LogP contribution in [-0.2, 0) is 11.3 Å². The molecule has 3 rings (SSSR count). The van der Waals surface area contributed by atoms with E-state index in [9.17, 15) is 9.59 Å². The van der Waals surface area contributed by atoms with Crippen LogP contribution in [-0.4, -0.2) is 16.8 Å². The second-order valence-corrected chi connectivity index (χ2v) is 7.47. The molecule has 2 N–H and O–H groups in total. The number of nitrogens with one attached hydrogen (secondary N) is 2. The molecule has 0 aliphatic heterocycles. The van der Waals surface area contributed by atoms with Gasteiger partial charge in [-0.05, 0) is 30.3 Å². The summed E-state index contributed by atoms with van der Waals surface area (Å²) in [4.78, 5) is 27.7. The minimum atomic E-state index is -0.344. The number of furan rings is 1. The van der Waals surface area contributed by atoms with Gasteiger partial charge >= 0.3 is 0 Å². The predicted octanol–water partition coefficient (Wildman–Crippen LogP) is 4.71. The average molecular weight is 455 g/mol. The van der Waals surface area contributed by atoms with Crippen molar-refractivity contribution in [1.82, 2.24) is 10.3 Å². The van der Waals surface area contributed by atoms with Gasteiger partial charge in [0.05, 0.1) is 17.1 Å². The first kappa shape index (κ1) is 18.6. The third kappa shape index (κ3) is 4.51. The highest BCUT2D eigenvalue weighted by Crippen LogP contribution is 2.28. The number of aromatic nitrogens is 1. The van der Waals surface area contributed by atoms with Crippen LogP contribution in [0.5, 0.6) is 0 Å². The zero-order valence-electron chi connectivity index (χ0n) is 13.5. The van der Waals surface area contributed by atoms with Gasteiger partial charge in [-0.15, -0.1) is 11.3 Å². The Balaban J connectivity index is 1.71. The Bertz CT molecular complexity index is 970. The molecule has 134 valence electrons. The molecule has 0 aliphatic carbocycles. The molecule has 0 atom stereocenters.